The van der Waals surface area contributed by atoms with Gasteiger partial charge in [-0.3, -0.25) is 0 Å². The summed E-state index contributed by atoms with van der Waals surface area (Å²) in [6.45, 7) is 0.852. The van der Waals surface area contributed by atoms with Gasteiger partial charge in [0, 0.05) is 6.04 Å². The molecule has 0 amide bonds. The van der Waals surface area contributed by atoms with Crippen LogP contribution in [0.25, 0.3) is 0 Å². The monoisotopic (exact) mass is 315 g/mol. The molecule has 0 aliphatic rings. The van der Waals surface area contributed by atoms with E-state index in [-0.39, 0.29) is 4.31 Å². The van der Waals surface area contributed by atoms with Crippen molar-refractivity contribution in [3.05, 3.63) is 17.9 Å². The summed E-state index contributed by atoms with van der Waals surface area (Å²) in [6.07, 6.45) is -4.72. The van der Waals surface area contributed by atoms with E-state index in [0.29, 0.717) is 0 Å². The maximum absolute atomic E-state index is 12.4. The lowest BCUT2D eigenvalue weighted by Gasteiger charge is -2.25. The number of aromatic carboxylic acids is 1. The Morgan fingerprint density at radius 1 is 1.40 bits per heavy atom. The predicted octanol–water partition coefficient (Wildman–Crippen LogP) is 1.94. The lowest BCUT2D eigenvalue weighted by molar-refractivity contribution is -0.138. The highest BCUT2D eigenvalue weighted by Gasteiger charge is 2.40. The van der Waals surface area contributed by atoms with E-state index < -0.39 is 45.6 Å². The quantitative estimate of drug-likeness (QED) is 0.897. The maximum atomic E-state index is 12.4. The normalized spacial score (nSPS) is 13.2. The van der Waals surface area contributed by atoms with Gasteiger partial charge in [-0.25, -0.2) is 13.2 Å². The first-order valence-electron chi connectivity index (χ1n) is 5.37. The fraction of sp³-hybridized carbons (Fsp3) is 0.500. The van der Waals surface area contributed by atoms with Gasteiger partial charge in [-0.1, -0.05) is 0 Å². The topological polar surface area (TPSA) is 87.8 Å². The molecular formula is C10H12F3NO5S. The SMILES string of the molecule is CC(C)N(CC(F)(F)F)S(=O)(=O)c1ccc(C(=O)O)o1. The van der Waals surface area contributed by atoms with Gasteiger partial charge in [0.1, 0.15) is 6.54 Å². The van der Waals surface area contributed by atoms with E-state index in [1.54, 1.807) is 0 Å². The van der Waals surface area contributed by atoms with Crippen LogP contribution in [0.1, 0.15) is 24.4 Å². The smallest absolute Gasteiger partial charge is 0.402 e. The number of carboxylic acids is 1. The van der Waals surface area contributed by atoms with E-state index in [1.807, 2.05) is 0 Å². The largest absolute Gasteiger partial charge is 0.475 e. The van der Waals surface area contributed by atoms with Gasteiger partial charge in [-0.05, 0) is 26.0 Å². The van der Waals surface area contributed by atoms with Crippen LogP contribution in [0.15, 0.2) is 21.6 Å². The number of rotatable bonds is 5. The number of halogens is 3. The highest BCUT2D eigenvalue weighted by atomic mass is 32.2. The summed E-state index contributed by atoms with van der Waals surface area (Å²) in [7, 11) is -4.56. The number of hydrogen-bond acceptors (Lipinski definition) is 4. The average Bonchev–Trinajstić information content (AvgIpc) is 2.73. The van der Waals surface area contributed by atoms with Gasteiger partial charge < -0.3 is 9.52 Å². The first-order valence-corrected chi connectivity index (χ1v) is 6.81. The first kappa shape index (κ1) is 16.5. The van der Waals surface area contributed by atoms with E-state index in [9.17, 15) is 26.4 Å². The minimum Gasteiger partial charge on any atom is -0.475 e. The summed E-state index contributed by atoms with van der Waals surface area (Å²) >= 11 is 0. The van der Waals surface area contributed by atoms with Crippen LogP contribution in [0.2, 0.25) is 0 Å². The van der Waals surface area contributed by atoms with Crippen LogP contribution < -0.4 is 0 Å². The van der Waals surface area contributed by atoms with E-state index in [4.69, 9.17) is 5.11 Å². The third kappa shape index (κ3) is 3.73. The van der Waals surface area contributed by atoms with Crippen molar-refractivity contribution in [1.29, 1.82) is 0 Å². The van der Waals surface area contributed by atoms with E-state index in [1.165, 1.54) is 13.8 Å². The maximum Gasteiger partial charge on any atom is 0.402 e. The molecule has 1 aromatic heterocycles. The molecule has 0 atom stereocenters. The molecule has 1 aromatic rings. The van der Waals surface area contributed by atoms with Crippen molar-refractivity contribution in [2.45, 2.75) is 31.2 Å². The summed E-state index contributed by atoms with van der Waals surface area (Å²) in [5.74, 6) is -2.18. The highest BCUT2D eigenvalue weighted by Crippen LogP contribution is 2.25. The number of alkyl halides is 3. The Kier molecular flexibility index (Phi) is 4.49. The number of sulfonamides is 1. The summed E-state index contributed by atoms with van der Waals surface area (Å²) in [5.41, 5.74) is 0. The Hall–Kier alpha value is -1.55. The Balaban J connectivity index is 3.19. The number of carbonyl (C=O) groups is 1. The van der Waals surface area contributed by atoms with Gasteiger partial charge in [0.05, 0.1) is 0 Å². The zero-order chi connectivity index (χ0) is 15.7. The molecular weight excluding hydrogens is 303 g/mol. The third-order valence-corrected chi connectivity index (χ3v) is 4.16. The Morgan fingerprint density at radius 2 is 1.95 bits per heavy atom. The van der Waals surface area contributed by atoms with Crippen molar-refractivity contribution in [3.63, 3.8) is 0 Å². The van der Waals surface area contributed by atoms with Gasteiger partial charge in [-0.15, -0.1) is 0 Å². The van der Waals surface area contributed by atoms with E-state index in [2.05, 4.69) is 4.42 Å². The first-order chi connectivity index (χ1) is 8.95. The Labute approximate surface area is 112 Å². The average molecular weight is 315 g/mol. The predicted molar refractivity (Wildman–Crippen MR) is 60.8 cm³/mol. The van der Waals surface area contributed by atoms with E-state index >= 15 is 0 Å². The fourth-order valence-electron chi connectivity index (χ4n) is 1.41. The molecule has 114 valence electrons. The third-order valence-electron chi connectivity index (χ3n) is 2.27. The molecule has 1 heterocycles. The molecule has 6 nitrogen and oxygen atoms in total. The Bertz CT molecular complexity index is 590. The highest BCUT2D eigenvalue weighted by molar-refractivity contribution is 7.89. The van der Waals surface area contributed by atoms with Crippen LogP contribution in [0.3, 0.4) is 0 Å². The second-order valence-electron chi connectivity index (χ2n) is 4.18. The van der Waals surface area contributed by atoms with Crippen molar-refractivity contribution in [3.8, 4) is 0 Å². The van der Waals surface area contributed by atoms with Crippen LogP contribution in [0.4, 0.5) is 13.2 Å². The molecule has 0 aliphatic carbocycles. The molecule has 0 saturated heterocycles. The molecule has 0 saturated carbocycles. The molecule has 0 unspecified atom stereocenters. The van der Waals surface area contributed by atoms with Crippen LogP contribution in [0, 0.1) is 0 Å². The molecule has 1 rings (SSSR count). The standard InChI is InChI=1S/C10H12F3NO5S/c1-6(2)14(5-10(11,12)13)20(17,18)8-4-3-7(19-8)9(15)16/h3-4,6H,5H2,1-2H3,(H,15,16). The van der Waals surface area contributed by atoms with Crippen molar-refractivity contribution >= 4 is 16.0 Å². The summed E-state index contributed by atoms with van der Waals surface area (Å²) in [6, 6.07) is 0.700. The van der Waals surface area contributed by atoms with Gasteiger partial charge in [-0.2, -0.15) is 17.5 Å². The minimum absolute atomic E-state index is 0.192. The molecule has 0 aromatic carbocycles. The molecule has 0 fully saturated rings. The zero-order valence-corrected chi connectivity index (χ0v) is 11.3. The van der Waals surface area contributed by atoms with Gasteiger partial charge in [0.25, 0.3) is 10.0 Å². The van der Waals surface area contributed by atoms with Crippen LogP contribution in [-0.2, 0) is 10.0 Å². The number of nitrogens with zero attached hydrogens (tertiary/aromatic N) is 1. The van der Waals surface area contributed by atoms with Crippen molar-refractivity contribution in [2.75, 3.05) is 6.54 Å². The fourth-order valence-corrected chi connectivity index (χ4v) is 2.95. The summed E-state index contributed by atoms with van der Waals surface area (Å²) < 4.78 is 66.0. The summed E-state index contributed by atoms with van der Waals surface area (Å²) in [4.78, 5) is 10.6. The van der Waals surface area contributed by atoms with Crippen molar-refractivity contribution in [1.82, 2.24) is 4.31 Å². The second kappa shape index (κ2) is 5.44. The van der Waals surface area contributed by atoms with Crippen molar-refractivity contribution < 1.29 is 35.9 Å². The van der Waals surface area contributed by atoms with Gasteiger partial charge in [0.15, 0.2) is 0 Å². The van der Waals surface area contributed by atoms with Gasteiger partial charge >= 0.3 is 12.1 Å². The van der Waals surface area contributed by atoms with Crippen LogP contribution in [0.5, 0.6) is 0 Å². The van der Waals surface area contributed by atoms with Gasteiger partial charge in [0.2, 0.25) is 10.9 Å². The number of carboxylic acid groups (broad SMARTS) is 1. The minimum atomic E-state index is -4.72. The van der Waals surface area contributed by atoms with E-state index in [0.717, 1.165) is 12.1 Å². The Morgan fingerprint density at radius 3 is 2.30 bits per heavy atom. The summed E-state index contributed by atoms with van der Waals surface area (Å²) in [5, 5.41) is 7.78. The van der Waals surface area contributed by atoms with Crippen molar-refractivity contribution in [2.24, 2.45) is 0 Å². The number of furan rings is 1. The second-order valence-corrected chi connectivity index (χ2v) is 6.00. The molecule has 0 radical (unpaired) electrons. The zero-order valence-electron chi connectivity index (χ0n) is 10.5. The van der Waals surface area contributed by atoms with Crippen LogP contribution >= 0.6 is 0 Å². The molecule has 20 heavy (non-hydrogen) atoms. The van der Waals surface area contributed by atoms with Crippen LogP contribution in [-0.4, -0.2) is 42.6 Å². The molecule has 0 spiro atoms. The molecule has 1 N–H and O–H groups in total. The molecule has 10 heteroatoms. The number of hydrogen-bond donors (Lipinski definition) is 1. The molecule has 0 bridgehead atoms. The molecule has 0 aliphatic heterocycles. The lowest BCUT2D eigenvalue weighted by Crippen LogP contribution is -2.43. The lowest BCUT2D eigenvalue weighted by atomic mass is 10.4.